The first kappa shape index (κ1) is 15.3. The standard InChI is InChI=1S/C14H16I2O3/c1-2-14(5-3-4-6-14)19-13(18)10-7-9(15)8-11(16)12(10)17/h7-8,17H,2-6H2,1H3. The van der Waals surface area contributed by atoms with E-state index in [9.17, 15) is 9.90 Å². The number of carbonyl (C=O) groups excluding carboxylic acids is 1. The van der Waals surface area contributed by atoms with Crippen molar-refractivity contribution in [3.8, 4) is 5.75 Å². The van der Waals surface area contributed by atoms with Gasteiger partial charge in [0.2, 0.25) is 0 Å². The summed E-state index contributed by atoms with van der Waals surface area (Å²) in [5, 5.41) is 10.0. The summed E-state index contributed by atoms with van der Waals surface area (Å²) >= 11 is 4.16. The van der Waals surface area contributed by atoms with Gasteiger partial charge in [-0.15, -0.1) is 0 Å². The van der Waals surface area contributed by atoms with Crippen molar-refractivity contribution in [3.05, 3.63) is 24.8 Å². The molecule has 0 bridgehead atoms. The van der Waals surface area contributed by atoms with E-state index >= 15 is 0 Å². The summed E-state index contributed by atoms with van der Waals surface area (Å²) in [4.78, 5) is 12.3. The first-order valence-electron chi connectivity index (χ1n) is 6.39. The van der Waals surface area contributed by atoms with Crippen LogP contribution in [0, 0.1) is 7.14 Å². The molecule has 3 nitrogen and oxygen atoms in total. The van der Waals surface area contributed by atoms with E-state index in [1.54, 1.807) is 6.07 Å². The van der Waals surface area contributed by atoms with E-state index in [1.165, 1.54) is 0 Å². The Hall–Kier alpha value is -0.0500. The number of phenolic OH excluding ortho intramolecular Hbond substituents is 1. The van der Waals surface area contributed by atoms with Crippen LogP contribution >= 0.6 is 45.2 Å². The van der Waals surface area contributed by atoms with Crippen LogP contribution in [0.25, 0.3) is 0 Å². The van der Waals surface area contributed by atoms with Crippen molar-refractivity contribution in [1.82, 2.24) is 0 Å². The second kappa shape index (κ2) is 6.15. The number of esters is 1. The van der Waals surface area contributed by atoms with Crippen LogP contribution in [-0.4, -0.2) is 16.7 Å². The van der Waals surface area contributed by atoms with Gasteiger partial charge in [0, 0.05) is 3.57 Å². The monoisotopic (exact) mass is 486 g/mol. The van der Waals surface area contributed by atoms with Gasteiger partial charge in [0.15, 0.2) is 0 Å². The summed E-state index contributed by atoms with van der Waals surface area (Å²) in [6.45, 7) is 2.05. The number of rotatable bonds is 3. The smallest absolute Gasteiger partial charge is 0.342 e. The largest absolute Gasteiger partial charge is 0.506 e. The van der Waals surface area contributed by atoms with Crippen LogP contribution in [0.5, 0.6) is 5.75 Å². The Kier molecular flexibility index (Phi) is 4.97. The summed E-state index contributed by atoms with van der Waals surface area (Å²) in [5.74, 6) is -0.382. The minimum absolute atomic E-state index is 0.0234. The van der Waals surface area contributed by atoms with E-state index in [0.717, 1.165) is 35.7 Å². The van der Waals surface area contributed by atoms with E-state index in [0.29, 0.717) is 3.57 Å². The molecule has 0 amide bonds. The minimum Gasteiger partial charge on any atom is -0.506 e. The normalized spacial score (nSPS) is 17.4. The number of aromatic hydroxyl groups is 1. The predicted molar refractivity (Wildman–Crippen MR) is 90.4 cm³/mol. The van der Waals surface area contributed by atoms with E-state index < -0.39 is 5.97 Å². The SMILES string of the molecule is CCC1(OC(=O)c2cc(I)cc(I)c2O)CCCC1. The number of carbonyl (C=O) groups is 1. The lowest BCUT2D eigenvalue weighted by atomic mass is 9.98. The second-order valence-electron chi connectivity index (χ2n) is 4.92. The maximum Gasteiger partial charge on any atom is 0.342 e. The average molecular weight is 486 g/mol. The number of phenols is 1. The molecule has 5 heteroatoms. The van der Waals surface area contributed by atoms with Gasteiger partial charge in [-0.25, -0.2) is 4.79 Å². The highest BCUT2D eigenvalue weighted by atomic mass is 127. The highest BCUT2D eigenvalue weighted by Gasteiger charge is 2.36. The molecule has 1 aromatic rings. The summed E-state index contributed by atoms with van der Waals surface area (Å²) in [6.07, 6.45) is 4.91. The highest BCUT2D eigenvalue weighted by Crippen LogP contribution is 2.37. The second-order valence-corrected chi connectivity index (χ2v) is 7.32. The molecule has 0 aliphatic heterocycles. The van der Waals surface area contributed by atoms with Gasteiger partial charge < -0.3 is 9.84 Å². The fourth-order valence-corrected chi connectivity index (χ4v) is 4.37. The van der Waals surface area contributed by atoms with Crippen molar-refractivity contribution in [2.24, 2.45) is 0 Å². The molecule has 104 valence electrons. The molecular formula is C14H16I2O3. The van der Waals surface area contributed by atoms with Gasteiger partial charge in [-0.1, -0.05) is 6.92 Å². The molecule has 0 saturated heterocycles. The van der Waals surface area contributed by atoms with Crippen LogP contribution in [-0.2, 0) is 4.74 Å². The zero-order valence-corrected chi connectivity index (χ0v) is 15.0. The number of halogens is 2. The number of hydrogen-bond donors (Lipinski definition) is 1. The highest BCUT2D eigenvalue weighted by molar-refractivity contribution is 14.1. The zero-order chi connectivity index (χ0) is 14.0. The van der Waals surface area contributed by atoms with E-state index in [4.69, 9.17) is 4.74 Å². The maximum atomic E-state index is 12.3. The topological polar surface area (TPSA) is 46.5 Å². The van der Waals surface area contributed by atoms with Crippen LogP contribution in [0.15, 0.2) is 12.1 Å². The quantitative estimate of drug-likeness (QED) is 0.507. The van der Waals surface area contributed by atoms with Crippen molar-refractivity contribution in [3.63, 3.8) is 0 Å². The van der Waals surface area contributed by atoms with Crippen molar-refractivity contribution < 1.29 is 14.6 Å². The molecule has 19 heavy (non-hydrogen) atoms. The van der Waals surface area contributed by atoms with Crippen LogP contribution in [0.3, 0.4) is 0 Å². The Balaban J connectivity index is 2.25. The third-order valence-corrected chi connectivity index (χ3v) is 5.16. The number of hydrogen-bond acceptors (Lipinski definition) is 3. The van der Waals surface area contributed by atoms with Crippen LogP contribution in [0.2, 0.25) is 0 Å². The van der Waals surface area contributed by atoms with Crippen LogP contribution in [0.1, 0.15) is 49.4 Å². The van der Waals surface area contributed by atoms with Crippen LogP contribution < -0.4 is 0 Å². The lowest BCUT2D eigenvalue weighted by molar-refractivity contribution is -0.0174. The Morgan fingerprint density at radius 2 is 2.00 bits per heavy atom. The van der Waals surface area contributed by atoms with Crippen molar-refractivity contribution in [2.75, 3.05) is 0 Å². The van der Waals surface area contributed by atoms with Gasteiger partial charge >= 0.3 is 5.97 Å². The molecule has 1 aliphatic carbocycles. The molecular weight excluding hydrogens is 470 g/mol. The molecule has 0 unspecified atom stereocenters. The van der Waals surface area contributed by atoms with Crippen molar-refractivity contribution >= 4 is 51.2 Å². The Morgan fingerprint density at radius 1 is 1.37 bits per heavy atom. The first-order chi connectivity index (χ1) is 8.97. The number of ether oxygens (including phenoxy) is 1. The Bertz CT molecular complexity index is 494. The van der Waals surface area contributed by atoms with Gasteiger partial charge in [0.25, 0.3) is 0 Å². The third-order valence-electron chi connectivity index (χ3n) is 3.72. The van der Waals surface area contributed by atoms with E-state index in [2.05, 4.69) is 29.5 Å². The lowest BCUT2D eigenvalue weighted by Crippen LogP contribution is -2.31. The molecule has 1 N–H and O–H groups in total. The third kappa shape index (κ3) is 3.34. The summed E-state index contributed by atoms with van der Waals surface area (Å²) in [6, 6.07) is 3.51. The van der Waals surface area contributed by atoms with E-state index in [1.807, 2.05) is 28.7 Å². The predicted octanol–water partition coefficient (Wildman–Crippen LogP) is 4.48. The maximum absolute atomic E-state index is 12.3. The molecule has 1 aliphatic rings. The van der Waals surface area contributed by atoms with Crippen LogP contribution in [0.4, 0.5) is 0 Å². The number of benzene rings is 1. The zero-order valence-electron chi connectivity index (χ0n) is 10.7. The van der Waals surface area contributed by atoms with Gasteiger partial charge in [-0.2, -0.15) is 0 Å². The van der Waals surface area contributed by atoms with Crippen molar-refractivity contribution in [2.45, 2.75) is 44.6 Å². The Morgan fingerprint density at radius 3 is 2.58 bits per heavy atom. The Labute approximate surface area is 140 Å². The van der Waals surface area contributed by atoms with Gasteiger partial charge in [-0.3, -0.25) is 0 Å². The molecule has 1 fully saturated rings. The summed E-state index contributed by atoms with van der Waals surface area (Å²) < 4.78 is 7.31. The average Bonchev–Trinajstić information content (AvgIpc) is 2.82. The molecule has 0 atom stereocenters. The molecule has 1 aromatic carbocycles. The lowest BCUT2D eigenvalue weighted by Gasteiger charge is -2.27. The molecule has 0 aromatic heterocycles. The first-order valence-corrected chi connectivity index (χ1v) is 8.54. The molecule has 0 radical (unpaired) electrons. The minimum atomic E-state index is -0.405. The fourth-order valence-electron chi connectivity index (χ4n) is 2.52. The van der Waals surface area contributed by atoms with Gasteiger partial charge in [-0.05, 0) is 89.4 Å². The summed E-state index contributed by atoms with van der Waals surface area (Å²) in [7, 11) is 0. The molecule has 2 rings (SSSR count). The summed E-state index contributed by atoms with van der Waals surface area (Å²) in [5.41, 5.74) is -0.0491. The molecule has 0 heterocycles. The fraction of sp³-hybridized carbons (Fsp3) is 0.500. The molecule has 1 saturated carbocycles. The molecule has 0 spiro atoms. The van der Waals surface area contributed by atoms with E-state index in [-0.39, 0.29) is 16.9 Å². The van der Waals surface area contributed by atoms with Gasteiger partial charge in [0.1, 0.15) is 16.9 Å². The van der Waals surface area contributed by atoms with Crippen molar-refractivity contribution in [1.29, 1.82) is 0 Å². The van der Waals surface area contributed by atoms with Gasteiger partial charge in [0.05, 0.1) is 3.57 Å².